The van der Waals surface area contributed by atoms with Crippen LogP contribution in [0.4, 0.5) is 0 Å². The number of primary amides is 1. The molecular formula is C21H44N2O5. The minimum Gasteiger partial charge on any atom is -0.375 e. The first kappa shape index (κ1) is 26.5. The normalized spacial score (nSPS) is 14.9. The number of Topliss-reactive ketones (excluding diaryl/α,β-unsaturated/α-hetero) is 1. The van der Waals surface area contributed by atoms with Gasteiger partial charge in [0.1, 0.15) is 12.4 Å². The largest absolute Gasteiger partial charge is 0.375 e. The summed E-state index contributed by atoms with van der Waals surface area (Å²) >= 11 is 0. The Morgan fingerprint density at radius 2 is 1.71 bits per heavy atom. The van der Waals surface area contributed by atoms with Crippen LogP contribution in [0.2, 0.25) is 0 Å². The van der Waals surface area contributed by atoms with Crippen molar-refractivity contribution in [2.45, 2.75) is 78.7 Å². The summed E-state index contributed by atoms with van der Waals surface area (Å²) in [5, 5.41) is 2.65. The molecule has 0 aliphatic heterocycles. The number of nitrogens with two attached hydrogens (primary N) is 1. The molecule has 0 saturated heterocycles. The van der Waals surface area contributed by atoms with Gasteiger partial charge < -0.3 is 20.5 Å². The topological polar surface area (TPSA) is 108 Å². The van der Waals surface area contributed by atoms with Gasteiger partial charge in [0.2, 0.25) is 11.8 Å². The lowest BCUT2D eigenvalue weighted by molar-refractivity contribution is -0.127. The first-order valence-electron chi connectivity index (χ1n) is 10.3. The zero-order valence-corrected chi connectivity index (χ0v) is 18.3. The van der Waals surface area contributed by atoms with Crippen molar-refractivity contribution in [2.75, 3.05) is 26.4 Å². The number of carbonyl (C=O) groups is 3. The van der Waals surface area contributed by atoms with E-state index < -0.39 is 5.91 Å². The van der Waals surface area contributed by atoms with Crippen LogP contribution in [-0.4, -0.2) is 49.6 Å². The molecule has 0 atom stereocenters. The lowest BCUT2D eigenvalue weighted by atomic mass is 9.83. The van der Waals surface area contributed by atoms with E-state index in [0.717, 1.165) is 12.8 Å². The maximum Gasteiger partial charge on any atom is 0.243 e. The molecule has 1 rings (SSSR count). The summed E-state index contributed by atoms with van der Waals surface area (Å²) in [4.78, 5) is 33.1. The number of ether oxygens (including phenoxy) is 2. The van der Waals surface area contributed by atoms with Gasteiger partial charge in [0.25, 0.3) is 0 Å². The van der Waals surface area contributed by atoms with Crippen molar-refractivity contribution in [2.24, 2.45) is 17.6 Å². The molecule has 1 saturated carbocycles. The van der Waals surface area contributed by atoms with Crippen molar-refractivity contribution in [3.8, 4) is 0 Å². The average molecular weight is 405 g/mol. The third-order valence-electron chi connectivity index (χ3n) is 4.25. The molecule has 0 unspecified atom stereocenters. The molecule has 0 spiro atoms. The molecule has 0 aromatic rings. The van der Waals surface area contributed by atoms with E-state index in [4.69, 9.17) is 15.2 Å². The Labute approximate surface area is 173 Å². The Bertz CT molecular complexity index is 477. The summed E-state index contributed by atoms with van der Waals surface area (Å²) in [6.07, 6.45) is 6.48. The number of hydrogen-bond acceptors (Lipinski definition) is 5. The van der Waals surface area contributed by atoms with Crippen molar-refractivity contribution < 1.29 is 26.7 Å². The monoisotopic (exact) mass is 404 g/mol. The molecule has 0 aromatic heterocycles. The molecule has 0 bridgehead atoms. The predicted octanol–water partition coefficient (Wildman–Crippen LogP) is 3.09. The molecule has 3 N–H and O–H groups in total. The maximum absolute atomic E-state index is 11.5. The molecule has 28 heavy (non-hydrogen) atoms. The summed E-state index contributed by atoms with van der Waals surface area (Å²) in [6.45, 7) is 10.7. The number of nitrogens with one attached hydrogen (secondary N) is 1. The molecule has 0 aromatic carbocycles. The van der Waals surface area contributed by atoms with Crippen LogP contribution in [0.1, 0.15) is 76.0 Å². The summed E-state index contributed by atoms with van der Waals surface area (Å²) in [5.41, 5.74) is 4.64. The van der Waals surface area contributed by atoms with E-state index in [1.165, 1.54) is 19.3 Å². The van der Waals surface area contributed by atoms with Gasteiger partial charge in [0.05, 0.1) is 18.8 Å². The highest BCUT2D eigenvalue weighted by Gasteiger charge is 2.22. The minimum absolute atomic E-state index is 0. The summed E-state index contributed by atoms with van der Waals surface area (Å²) in [5.74, 6) is 0.526. The molecule has 1 aliphatic carbocycles. The number of ketones is 1. The fourth-order valence-electron chi connectivity index (χ4n) is 2.83. The van der Waals surface area contributed by atoms with E-state index in [2.05, 4.69) is 5.32 Å². The Balaban J connectivity index is -0.000000489. The first-order chi connectivity index (χ1) is 13.0. The Hall–Kier alpha value is -1.47. The fourth-order valence-corrected chi connectivity index (χ4v) is 2.83. The molecule has 0 heterocycles. The highest BCUT2D eigenvalue weighted by Crippen LogP contribution is 2.26. The van der Waals surface area contributed by atoms with Gasteiger partial charge in [-0.2, -0.15) is 0 Å². The van der Waals surface area contributed by atoms with Crippen LogP contribution in [0.5, 0.6) is 0 Å². The fraction of sp³-hybridized carbons (Fsp3) is 0.857. The lowest BCUT2D eigenvalue weighted by Crippen LogP contribution is -2.30. The average Bonchev–Trinajstić information content (AvgIpc) is 2.60. The molecule has 168 valence electrons. The van der Waals surface area contributed by atoms with E-state index in [1.54, 1.807) is 0 Å². The van der Waals surface area contributed by atoms with E-state index in [0.29, 0.717) is 31.3 Å². The van der Waals surface area contributed by atoms with Crippen molar-refractivity contribution in [1.29, 1.82) is 0 Å². The van der Waals surface area contributed by atoms with E-state index in [9.17, 15) is 14.4 Å². The third kappa shape index (κ3) is 15.6. The quantitative estimate of drug-likeness (QED) is 0.544. The number of rotatable bonds is 10. The lowest BCUT2D eigenvalue weighted by Gasteiger charge is -2.21. The number of hydrogen-bond donors (Lipinski definition) is 2. The molecule has 1 fully saturated rings. The van der Waals surface area contributed by atoms with Crippen molar-refractivity contribution >= 4 is 17.6 Å². The molecule has 7 nitrogen and oxygen atoms in total. The molecule has 0 radical (unpaired) electrons. The summed E-state index contributed by atoms with van der Waals surface area (Å²) in [6, 6.07) is 0. The minimum atomic E-state index is -0.519. The van der Waals surface area contributed by atoms with Crippen molar-refractivity contribution in [1.82, 2.24) is 5.32 Å². The van der Waals surface area contributed by atoms with E-state index >= 15 is 0 Å². The van der Waals surface area contributed by atoms with Gasteiger partial charge in [-0.15, -0.1) is 0 Å². The summed E-state index contributed by atoms with van der Waals surface area (Å²) in [7, 11) is 0. The van der Waals surface area contributed by atoms with Gasteiger partial charge >= 0.3 is 0 Å². The van der Waals surface area contributed by atoms with Crippen molar-refractivity contribution in [3.05, 3.63) is 0 Å². The van der Waals surface area contributed by atoms with Crippen LogP contribution in [0.25, 0.3) is 0 Å². The van der Waals surface area contributed by atoms with Crippen LogP contribution < -0.4 is 11.1 Å². The smallest absolute Gasteiger partial charge is 0.243 e. The third-order valence-corrected chi connectivity index (χ3v) is 4.25. The van der Waals surface area contributed by atoms with Crippen LogP contribution in [-0.2, 0) is 23.9 Å². The first-order valence-corrected chi connectivity index (χ1v) is 10.3. The second-order valence-electron chi connectivity index (χ2n) is 8.47. The van der Waals surface area contributed by atoms with Gasteiger partial charge in [-0.25, -0.2) is 0 Å². The van der Waals surface area contributed by atoms with Crippen LogP contribution >= 0.6 is 0 Å². The predicted molar refractivity (Wildman–Crippen MR) is 114 cm³/mol. The standard InChI is InChI=1S/C11H22N2O4.C10H18O.2H2/c1-11(2,3)17-6-4-10(15)13-5-7-16-8-9(12)14;1-8(2)10(11)9-6-4-3-5-7-9;;/h4-8H2,1-3H3,(H2,12,14)(H,13,15);8-9H,3-7H2,1-2H3;2*1H. The van der Waals surface area contributed by atoms with Gasteiger partial charge in [-0.1, -0.05) is 33.1 Å². The molecule has 7 heteroatoms. The Morgan fingerprint density at radius 3 is 2.21 bits per heavy atom. The van der Waals surface area contributed by atoms with E-state index in [-0.39, 0.29) is 33.5 Å². The zero-order valence-electron chi connectivity index (χ0n) is 18.3. The van der Waals surface area contributed by atoms with Gasteiger partial charge in [0, 0.05) is 27.7 Å². The highest BCUT2D eigenvalue weighted by atomic mass is 16.5. The van der Waals surface area contributed by atoms with E-state index in [1.807, 2.05) is 34.6 Å². The number of carbonyl (C=O) groups excluding carboxylic acids is 3. The summed E-state index contributed by atoms with van der Waals surface area (Å²) < 4.78 is 10.3. The SMILES string of the molecule is CC(C)(C)OCCC(=O)NCCOCC(N)=O.CC(C)C(=O)C1CCCCC1.[HH].[HH]. The van der Waals surface area contributed by atoms with Gasteiger partial charge in [-0.05, 0) is 33.6 Å². The van der Waals surface area contributed by atoms with Crippen LogP contribution in [0.15, 0.2) is 0 Å². The molecular weight excluding hydrogens is 360 g/mol. The Morgan fingerprint density at radius 1 is 1.11 bits per heavy atom. The number of amides is 2. The second kappa shape index (κ2) is 14.5. The van der Waals surface area contributed by atoms with Crippen LogP contribution in [0.3, 0.4) is 0 Å². The zero-order chi connectivity index (χ0) is 21.6. The molecule has 1 aliphatic rings. The highest BCUT2D eigenvalue weighted by molar-refractivity contribution is 5.82. The van der Waals surface area contributed by atoms with Crippen molar-refractivity contribution in [3.63, 3.8) is 0 Å². The van der Waals surface area contributed by atoms with Crippen LogP contribution in [0, 0.1) is 11.8 Å². The van der Waals surface area contributed by atoms with Gasteiger partial charge in [0.15, 0.2) is 0 Å². The molecule has 2 amide bonds. The second-order valence-corrected chi connectivity index (χ2v) is 8.47. The van der Waals surface area contributed by atoms with Gasteiger partial charge in [-0.3, -0.25) is 14.4 Å². The maximum atomic E-state index is 11.5. The Kier molecular flexibility index (Phi) is 13.8.